The molecule has 1 saturated heterocycles. The van der Waals surface area contributed by atoms with Gasteiger partial charge < -0.3 is 0 Å². The van der Waals surface area contributed by atoms with Crippen LogP contribution in [0.1, 0.15) is 25.8 Å². The van der Waals surface area contributed by atoms with Gasteiger partial charge in [-0.3, -0.25) is 10.2 Å². The highest BCUT2D eigenvalue weighted by molar-refractivity contribution is 6.31. The molecule has 2 rings (SSSR count). The van der Waals surface area contributed by atoms with E-state index in [1.54, 1.807) is 38.1 Å². The zero-order valence-corrected chi connectivity index (χ0v) is 12.4. The first-order valence-electron chi connectivity index (χ1n) is 6.50. The van der Waals surface area contributed by atoms with E-state index >= 15 is 0 Å². The maximum absolute atomic E-state index is 13.4. The Morgan fingerprint density at radius 3 is 2.48 bits per heavy atom. The third-order valence-corrected chi connectivity index (χ3v) is 3.92. The molecule has 1 atom stereocenters. The zero-order valence-electron chi connectivity index (χ0n) is 11.7. The molecule has 1 amide bonds. The normalized spacial score (nSPS) is 20.4. The fourth-order valence-electron chi connectivity index (χ4n) is 2.53. The summed E-state index contributed by atoms with van der Waals surface area (Å²) in [6, 6.07) is 4.60. The molecule has 1 fully saturated rings. The molecule has 0 spiro atoms. The second kappa shape index (κ2) is 5.50. The molecule has 0 radical (unpaired) electrons. The molecule has 1 N–H and O–H groups in total. The van der Waals surface area contributed by atoms with Crippen molar-refractivity contribution in [1.29, 1.82) is 0 Å². The first-order valence-corrected chi connectivity index (χ1v) is 6.88. The van der Waals surface area contributed by atoms with Crippen LogP contribution in [0, 0.1) is 0 Å². The van der Waals surface area contributed by atoms with Crippen molar-refractivity contribution in [3.05, 3.63) is 34.9 Å². The second-order valence-corrected chi connectivity index (χ2v) is 6.15. The zero-order chi connectivity index (χ0) is 15.8. The number of amides is 1. The molecule has 0 bridgehead atoms. The van der Waals surface area contributed by atoms with E-state index in [-0.39, 0.29) is 17.9 Å². The summed E-state index contributed by atoms with van der Waals surface area (Å²) < 4.78 is 40.3. The summed E-state index contributed by atoms with van der Waals surface area (Å²) >= 11 is 5.95. The first-order chi connectivity index (χ1) is 9.61. The van der Waals surface area contributed by atoms with Crippen LogP contribution in [0.5, 0.6) is 0 Å². The molecule has 0 aromatic heterocycles. The van der Waals surface area contributed by atoms with Gasteiger partial charge in [0, 0.05) is 23.4 Å². The van der Waals surface area contributed by atoms with Gasteiger partial charge in [-0.25, -0.2) is 5.01 Å². The Morgan fingerprint density at radius 1 is 1.38 bits per heavy atom. The summed E-state index contributed by atoms with van der Waals surface area (Å²) in [7, 11) is 0. The average molecular weight is 321 g/mol. The van der Waals surface area contributed by atoms with Gasteiger partial charge in [-0.1, -0.05) is 29.8 Å². The number of halogens is 4. The van der Waals surface area contributed by atoms with Crippen LogP contribution in [-0.4, -0.2) is 28.7 Å². The van der Waals surface area contributed by atoms with Crippen molar-refractivity contribution in [3.63, 3.8) is 0 Å². The molecule has 116 valence electrons. The number of nitrogens with one attached hydrogen (secondary N) is 1. The van der Waals surface area contributed by atoms with Crippen molar-refractivity contribution in [3.8, 4) is 0 Å². The molecule has 1 heterocycles. The van der Waals surface area contributed by atoms with Crippen molar-refractivity contribution in [2.45, 2.75) is 44.4 Å². The molecule has 1 aromatic carbocycles. The average Bonchev–Trinajstić information content (AvgIpc) is 2.59. The maximum atomic E-state index is 13.4. The molecular formula is C14H16ClF3N2O. The molecule has 1 aliphatic rings. The highest BCUT2D eigenvalue weighted by Crippen LogP contribution is 2.35. The van der Waals surface area contributed by atoms with Crippen LogP contribution in [0.25, 0.3) is 0 Å². The summed E-state index contributed by atoms with van der Waals surface area (Å²) in [6.07, 6.45) is -4.76. The molecule has 7 heteroatoms. The first kappa shape index (κ1) is 16.1. The van der Waals surface area contributed by atoms with Crippen LogP contribution in [0.4, 0.5) is 13.2 Å². The Morgan fingerprint density at radius 2 is 2.00 bits per heavy atom. The SMILES string of the molecule is CC1(C)CC(=O)NN1C(Cc1ccccc1Cl)C(F)(F)F. The summed E-state index contributed by atoms with van der Waals surface area (Å²) in [5.41, 5.74) is 1.82. The maximum Gasteiger partial charge on any atom is 0.406 e. The Kier molecular flexibility index (Phi) is 4.22. The Hall–Kier alpha value is -1.27. The third kappa shape index (κ3) is 3.49. The highest BCUT2D eigenvalue weighted by Gasteiger charge is 2.52. The number of benzene rings is 1. The fourth-order valence-corrected chi connectivity index (χ4v) is 2.74. The van der Waals surface area contributed by atoms with Crippen molar-refractivity contribution in [1.82, 2.24) is 10.4 Å². The largest absolute Gasteiger partial charge is 0.406 e. The van der Waals surface area contributed by atoms with Crippen LogP contribution in [0.3, 0.4) is 0 Å². The lowest BCUT2D eigenvalue weighted by Gasteiger charge is -2.37. The predicted molar refractivity (Wildman–Crippen MR) is 73.7 cm³/mol. The Balaban J connectivity index is 2.32. The molecule has 3 nitrogen and oxygen atoms in total. The van der Waals surface area contributed by atoms with Gasteiger partial charge in [0.15, 0.2) is 0 Å². The predicted octanol–water partition coefficient (Wildman–Crippen LogP) is 3.33. The minimum absolute atomic E-state index is 0.0299. The van der Waals surface area contributed by atoms with Gasteiger partial charge in [-0.15, -0.1) is 0 Å². The lowest BCUT2D eigenvalue weighted by atomic mass is 9.97. The quantitative estimate of drug-likeness (QED) is 0.926. The van der Waals surface area contributed by atoms with Gasteiger partial charge in [0.1, 0.15) is 6.04 Å². The number of nitrogens with zero attached hydrogens (tertiary/aromatic N) is 1. The lowest BCUT2D eigenvalue weighted by molar-refractivity contribution is -0.200. The van der Waals surface area contributed by atoms with Gasteiger partial charge >= 0.3 is 6.18 Å². The van der Waals surface area contributed by atoms with E-state index in [9.17, 15) is 18.0 Å². The molecule has 1 unspecified atom stereocenters. The van der Waals surface area contributed by atoms with Crippen LogP contribution < -0.4 is 5.43 Å². The minimum Gasteiger partial charge on any atom is -0.288 e. The van der Waals surface area contributed by atoms with E-state index in [0.29, 0.717) is 5.56 Å². The summed E-state index contributed by atoms with van der Waals surface area (Å²) in [6.45, 7) is 3.21. The summed E-state index contributed by atoms with van der Waals surface area (Å²) in [5.74, 6) is -0.409. The van der Waals surface area contributed by atoms with E-state index in [2.05, 4.69) is 5.43 Å². The standard InChI is InChI=1S/C14H16ClF3N2O/c1-13(2)8-12(21)19-20(13)11(14(16,17)18)7-9-5-3-4-6-10(9)15/h3-6,11H,7-8H2,1-2H3,(H,19,21). The number of carbonyl (C=O) groups excluding carboxylic acids is 1. The summed E-state index contributed by atoms with van der Waals surface area (Å²) in [4.78, 5) is 11.5. The highest BCUT2D eigenvalue weighted by atomic mass is 35.5. The number of hydrogen-bond acceptors (Lipinski definition) is 2. The van der Waals surface area contributed by atoms with Crippen LogP contribution in [0.15, 0.2) is 24.3 Å². The Labute approximate surface area is 126 Å². The van der Waals surface area contributed by atoms with Gasteiger partial charge in [0.25, 0.3) is 0 Å². The summed E-state index contributed by atoms with van der Waals surface area (Å²) in [5, 5.41) is 1.29. The smallest absolute Gasteiger partial charge is 0.288 e. The van der Waals surface area contributed by atoms with Gasteiger partial charge in [0.2, 0.25) is 5.91 Å². The van der Waals surface area contributed by atoms with Crippen LogP contribution in [0.2, 0.25) is 5.02 Å². The second-order valence-electron chi connectivity index (χ2n) is 5.75. The van der Waals surface area contributed by atoms with E-state index in [1.165, 1.54) is 0 Å². The van der Waals surface area contributed by atoms with Gasteiger partial charge in [-0.2, -0.15) is 13.2 Å². The molecule has 0 aliphatic carbocycles. The van der Waals surface area contributed by atoms with Crippen LogP contribution in [-0.2, 0) is 11.2 Å². The number of carbonyl (C=O) groups is 1. The van der Waals surface area contributed by atoms with E-state index in [4.69, 9.17) is 11.6 Å². The monoisotopic (exact) mass is 320 g/mol. The van der Waals surface area contributed by atoms with Crippen molar-refractivity contribution in [2.24, 2.45) is 0 Å². The van der Waals surface area contributed by atoms with E-state index < -0.39 is 23.7 Å². The lowest BCUT2D eigenvalue weighted by Crippen LogP contribution is -2.57. The van der Waals surface area contributed by atoms with Crippen molar-refractivity contribution < 1.29 is 18.0 Å². The van der Waals surface area contributed by atoms with Crippen molar-refractivity contribution >= 4 is 17.5 Å². The molecular weight excluding hydrogens is 305 g/mol. The topological polar surface area (TPSA) is 32.3 Å². The van der Waals surface area contributed by atoms with Gasteiger partial charge in [-0.05, 0) is 25.5 Å². The van der Waals surface area contributed by atoms with Crippen molar-refractivity contribution in [2.75, 3.05) is 0 Å². The number of hydrazine groups is 1. The Bertz CT molecular complexity index is 545. The molecule has 1 aromatic rings. The molecule has 21 heavy (non-hydrogen) atoms. The molecule has 0 saturated carbocycles. The van der Waals surface area contributed by atoms with Crippen LogP contribution >= 0.6 is 11.6 Å². The van der Waals surface area contributed by atoms with Gasteiger partial charge in [0.05, 0.1) is 0 Å². The number of rotatable bonds is 3. The number of alkyl halides is 3. The van der Waals surface area contributed by atoms with E-state index in [0.717, 1.165) is 5.01 Å². The fraction of sp³-hybridized carbons (Fsp3) is 0.500. The number of hydrogen-bond donors (Lipinski definition) is 1. The third-order valence-electron chi connectivity index (χ3n) is 3.55. The minimum atomic E-state index is -4.48. The molecule has 1 aliphatic heterocycles. The van der Waals surface area contributed by atoms with E-state index in [1.807, 2.05) is 0 Å².